The summed E-state index contributed by atoms with van der Waals surface area (Å²) in [5.41, 5.74) is 0. The number of piperazine rings is 1. The van der Waals surface area contributed by atoms with E-state index in [1.54, 1.807) is 0 Å². The van der Waals surface area contributed by atoms with Crippen LogP contribution in [0.25, 0.3) is 0 Å². The Morgan fingerprint density at radius 1 is 1.07 bits per heavy atom. The molecule has 0 spiro atoms. The van der Waals surface area contributed by atoms with Gasteiger partial charge in [0, 0.05) is 52.4 Å². The van der Waals surface area contributed by atoms with Crippen molar-refractivity contribution in [3.8, 4) is 0 Å². The lowest BCUT2D eigenvalue weighted by atomic mass is 9.86. The molecule has 2 N–H and O–H groups in total. The summed E-state index contributed by atoms with van der Waals surface area (Å²) in [5.74, 6) is 2.59. The molecule has 1 saturated carbocycles. The number of guanidine groups is 1. The number of likely N-dealkylation sites (N-methyl/N-ethyl adjacent to an activating group) is 1. The second kappa shape index (κ2) is 14.9. The highest BCUT2D eigenvalue weighted by atomic mass is 127. The first-order valence-electron chi connectivity index (χ1n) is 11.1. The van der Waals surface area contributed by atoms with Gasteiger partial charge in [0.05, 0.1) is 0 Å². The lowest BCUT2D eigenvalue weighted by Gasteiger charge is -2.33. The van der Waals surface area contributed by atoms with Crippen molar-refractivity contribution in [2.24, 2.45) is 16.8 Å². The first-order chi connectivity index (χ1) is 12.7. The molecule has 0 aromatic rings. The highest BCUT2D eigenvalue weighted by molar-refractivity contribution is 14.0. The Labute approximate surface area is 185 Å². The summed E-state index contributed by atoms with van der Waals surface area (Å²) >= 11 is 0. The third-order valence-corrected chi connectivity index (χ3v) is 5.88. The minimum Gasteiger partial charge on any atom is -0.357 e. The molecular weight excluding hydrogens is 449 g/mol. The molecule has 5 nitrogen and oxygen atoms in total. The van der Waals surface area contributed by atoms with Gasteiger partial charge in [0.25, 0.3) is 0 Å². The van der Waals surface area contributed by atoms with Crippen LogP contribution < -0.4 is 10.6 Å². The summed E-state index contributed by atoms with van der Waals surface area (Å²) in [6, 6.07) is 0. The van der Waals surface area contributed by atoms with Crippen LogP contribution in [0.1, 0.15) is 58.8 Å². The van der Waals surface area contributed by atoms with Gasteiger partial charge in [-0.05, 0) is 38.6 Å². The molecule has 27 heavy (non-hydrogen) atoms. The SMILES string of the molecule is CCNC(=NCC(C)CN1CCN(C)CC1)NCCCC1CCCCC1.I. The van der Waals surface area contributed by atoms with E-state index in [9.17, 15) is 0 Å². The standard InChI is InChI=1S/C21H43N5.HI/c1-4-22-21(23-12-8-11-20-9-6-5-7-10-20)24-17-19(2)18-26-15-13-25(3)14-16-26;/h19-20H,4-18H2,1-3H3,(H2,22,23,24);1H. The minimum absolute atomic E-state index is 0. The van der Waals surface area contributed by atoms with Crippen molar-refractivity contribution in [2.75, 3.05) is 59.4 Å². The Balaban J connectivity index is 0.00000364. The van der Waals surface area contributed by atoms with Gasteiger partial charge in [-0.15, -0.1) is 24.0 Å². The Hall–Kier alpha value is -0.0800. The van der Waals surface area contributed by atoms with Crippen LogP contribution in [0.15, 0.2) is 4.99 Å². The summed E-state index contributed by atoms with van der Waals surface area (Å²) in [5, 5.41) is 6.95. The normalized spacial score (nSPS) is 21.5. The van der Waals surface area contributed by atoms with Gasteiger partial charge < -0.3 is 20.4 Å². The molecule has 160 valence electrons. The molecule has 6 heteroatoms. The van der Waals surface area contributed by atoms with Crippen molar-refractivity contribution in [1.29, 1.82) is 0 Å². The second-order valence-corrected chi connectivity index (χ2v) is 8.50. The lowest BCUT2D eigenvalue weighted by Crippen LogP contribution is -2.46. The van der Waals surface area contributed by atoms with Gasteiger partial charge in [-0.25, -0.2) is 0 Å². The van der Waals surface area contributed by atoms with Gasteiger partial charge in [-0.1, -0.05) is 39.0 Å². The zero-order valence-corrected chi connectivity index (χ0v) is 20.3. The minimum atomic E-state index is 0. The molecule has 1 aliphatic heterocycles. The lowest BCUT2D eigenvalue weighted by molar-refractivity contribution is 0.140. The van der Waals surface area contributed by atoms with Crippen LogP contribution in [0.4, 0.5) is 0 Å². The maximum atomic E-state index is 4.84. The molecule has 0 aromatic heterocycles. The molecule has 1 unspecified atom stereocenters. The van der Waals surface area contributed by atoms with Crippen LogP contribution in [0.3, 0.4) is 0 Å². The van der Waals surface area contributed by atoms with E-state index in [1.807, 2.05) is 0 Å². The number of rotatable bonds is 9. The van der Waals surface area contributed by atoms with E-state index >= 15 is 0 Å². The maximum Gasteiger partial charge on any atom is 0.191 e. The Bertz CT molecular complexity index is 390. The summed E-state index contributed by atoms with van der Waals surface area (Å²) in [4.78, 5) is 9.84. The number of halogens is 1. The van der Waals surface area contributed by atoms with Gasteiger partial charge >= 0.3 is 0 Å². The van der Waals surface area contributed by atoms with E-state index in [-0.39, 0.29) is 24.0 Å². The molecule has 2 aliphatic rings. The van der Waals surface area contributed by atoms with E-state index < -0.39 is 0 Å². The molecule has 1 aliphatic carbocycles. The van der Waals surface area contributed by atoms with Crippen molar-refractivity contribution in [3.05, 3.63) is 0 Å². The molecular formula is C21H44IN5. The largest absolute Gasteiger partial charge is 0.357 e. The maximum absolute atomic E-state index is 4.84. The van der Waals surface area contributed by atoms with Crippen LogP contribution >= 0.6 is 24.0 Å². The monoisotopic (exact) mass is 493 g/mol. The fourth-order valence-electron chi connectivity index (χ4n) is 4.19. The van der Waals surface area contributed by atoms with E-state index in [0.717, 1.165) is 31.5 Å². The van der Waals surface area contributed by atoms with Crippen LogP contribution in [0, 0.1) is 11.8 Å². The number of aliphatic imine (C=N–C) groups is 1. The van der Waals surface area contributed by atoms with Gasteiger partial charge in [-0.2, -0.15) is 0 Å². The molecule has 0 aromatic carbocycles. The third kappa shape index (κ3) is 10.9. The van der Waals surface area contributed by atoms with Crippen molar-refractivity contribution < 1.29 is 0 Å². The van der Waals surface area contributed by atoms with Crippen molar-refractivity contribution >= 4 is 29.9 Å². The van der Waals surface area contributed by atoms with Crippen molar-refractivity contribution in [1.82, 2.24) is 20.4 Å². The second-order valence-electron chi connectivity index (χ2n) is 8.50. The average molecular weight is 494 g/mol. The topological polar surface area (TPSA) is 42.9 Å². The van der Waals surface area contributed by atoms with Crippen LogP contribution in [0.2, 0.25) is 0 Å². The summed E-state index contributed by atoms with van der Waals surface area (Å²) < 4.78 is 0. The summed E-state index contributed by atoms with van der Waals surface area (Å²) in [6.45, 7) is 13.3. The van der Waals surface area contributed by atoms with E-state index in [4.69, 9.17) is 4.99 Å². The number of hydrogen-bond acceptors (Lipinski definition) is 3. The first kappa shape index (κ1) is 25.0. The molecule has 2 rings (SSSR count). The molecule has 1 heterocycles. The molecule has 0 amide bonds. The summed E-state index contributed by atoms with van der Waals surface area (Å²) in [6.07, 6.45) is 9.92. The zero-order valence-electron chi connectivity index (χ0n) is 18.0. The highest BCUT2D eigenvalue weighted by Gasteiger charge is 2.16. The fraction of sp³-hybridized carbons (Fsp3) is 0.952. The van der Waals surface area contributed by atoms with Crippen LogP contribution in [-0.2, 0) is 0 Å². The van der Waals surface area contributed by atoms with Crippen LogP contribution in [0.5, 0.6) is 0 Å². The molecule has 1 atom stereocenters. The van der Waals surface area contributed by atoms with E-state index in [0.29, 0.717) is 5.92 Å². The molecule has 0 radical (unpaired) electrons. The van der Waals surface area contributed by atoms with Gasteiger partial charge in [0.2, 0.25) is 0 Å². The predicted octanol–water partition coefficient (Wildman–Crippen LogP) is 3.40. The Morgan fingerprint density at radius 2 is 1.78 bits per heavy atom. The quantitative estimate of drug-likeness (QED) is 0.224. The first-order valence-corrected chi connectivity index (χ1v) is 11.1. The van der Waals surface area contributed by atoms with Gasteiger partial charge in [0.15, 0.2) is 5.96 Å². The van der Waals surface area contributed by atoms with Crippen molar-refractivity contribution in [3.63, 3.8) is 0 Å². The Kier molecular flexibility index (Phi) is 13.7. The highest BCUT2D eigenvalue weighted by Crippen LogP contribution is 2.26. The smallest absolute Gasteiger partial charge is 0.191 e. The van der Waals surface area contributed by atoms with E-state index in [1.165, 1.54) is 77.7 Å². The fourth-order valence-corrected chi connectivity index (χ4v) is 4.19. The molecule has 0 bridgehead atoms. The number of nitrogens with one attached hydrogen (secondary N) is 2. The van der Waals surface area contributed by atoms with Crippen molar-refractivity contribution in [2.45, 2.75) is 58.8 Å². The number of nitrogens with zero attached hydrogens (tertiary/aromatic N) is 3. The summed E-state index contributed by atoms with van der Waals surface area (Å²) in [7, 11) is 2.22. The molecule has 2 fully saturated rings. The van der Waals surface area contributed by atoms with E-state index in [2.05, 4.69) is 41.3 Å². The number of hydrogen-bond donors (Lipinski definition) is 2. The predicted molar refractivity (Wildman–Crippen MR) is 128 cm³/mol. The average Bonchev–Trinajstić information content (AvgIpc) is 2.66. The van der Waals surface area contributed by atoms with Crippen LogP contribution in [-0.4, -0.2) is 75.2 Å². The third-order valence-electron chi connectivity index (χ3n) is 5.88. The zero-order chi connectivity index (χ0) is 18.6. The molecule has 1 saturated heterocycles. The van der Waals surface area contributed by atoms with Gasteiger partial charge in [0.1, 0.15) is 0 Å². The van der Waals surface area contributed by atoms with Gasteiger partial charge in [-0.3, -0.25) is 4.99 Å². The Morgan fingerprint density at radius 3 is 2.44 bits per heavy atom.